The van der Waals surface area contributed by atoms with Gasteiger partial charge in [-0.05, 0) is 48.5 Å². The molecule has 0 aliphatic carbocycles. The molecule has 0 bridgehead atoms. The molecule has 3 nitrogen and oxygen atoms in total. The molecule has 0 atom stereocenters. The maximum absolute atomic E-state index is 13.7. The van der Waals surface area contributed by atoms with Crippen LogP contribution in [0.25, 0.3) is 6.08 Å². The van der Waals surface area contributed by atoms with Crippen LogP contribution in [0.1, 0.15) is 11.1 Å². The summed E-state index contributed by atoms with van der Waals surface area (Å²) < 4.78 is 26.6. The van der Waals surface area contributed by atoms with Crippen LogP contribution in [-0.4, -0.2) is 11.1 Å². The number of halogens is 2. The zero-order valence-electron chi connectivity index (χ0n) is 12.1. The van der Waals surface area contributed by atoms with E-state index in [2.05, 4.69) is 10.3 Å². The highest BCUT2D eigenvalue weighted by Gasteiger charge is 2.24. The van der Waals surface area contributed by atoms with Gasteiger partial charge in [0.15, 0.2) is 5.17 Å². The van der Waals surface area contributed by atoms with Gasteiger partial charge in [-0.1, -0.05) is 18.2 Å². The van der Waals surface area contributed by atoms with Crippen LogP contribution in [0.3, 0.4) is 0 Å². The lowest BCUT2D eigenvalue weighted by Crippen LogP contribution is -2.19. The summed E-state index contributed by atoms with van der Waals surface area (Å²) in [6.07, 6.45) is 1.38. The molecule has 116 valence electrons. The van der Waals surface area contributed by atoms with E-state index >= 15 is 0 Å². The molecular weight excluding hydrogens is 318 g/mol. The molecular formula is C17H12F2N2OS. The molecule has 1 aliphatic heterocycles. The largest absolute Gasteiger partial charge is 0.300 e. The molecule has 0 radical (unpaired) electrons. The lowest BCUT2D eigenvalue weighted by Gasteiger charge is -1.99. The minimum absolute atomic E-state index is 0.154. The fraction of sp³-hybridized carbons (Fsp3) is 0.0588. The van der Waals surface area contributed by atoms with Crippen LogP contribution in [0.15, 0.2) is 52.4 Å². The Kier molecular flexibility index (Phi) is 4.25. The molecule has 0 aromatic heterocycles. The Morgan fingerprint density at radius 2 is 1.96 bits per heavy atom. The number of thioether (sulfide) groups is 1. The minimum atomic E-state index is -0.713. The third-order valence-corrected chi connectivity index (χ3v) is 4.15. The second-order valence-electron chi connectivity index (χ2n) is 4.93. The molecule has 1 N–H and O–H groups in total. The van der Waals surface area contributed by atoms with Crippen molar-refractivity contribution in [1.82, 2.24) is 5.32 Å². The molecule has 1 aliphatic rings. The summed E-state index contributed by atoms with van der Waals surface area (Å²) in [5.41, 5.74) is 1.89. The number of nitrogens with zero attached hydrogens (tertiary/aromatic N) is 1. The third kappa shape index (κ3) is 3.48. The maximum Gasteiger partial charge on any atom is 0.264 e. The molecule has 0 saturated carbocycles. The van der Waals surface area contributed by atoms with Crippen LogP contribution in [0.2, 0.25) is 0 Å². The van der Waals surface area contributed by atoms with Crippen molar-refractivity contribution in [1.29, 1.82) is 0 Å². The van der Waals surface area contributed by atoms with E-state index in [1.54, 1.807) is 0 Å². The quantitative estimate of drug-likeness (QED) is 0.840. The fourth-order valence-corrected chi connectivity index (χ4v) is 2.86. The zero-order valence-corrected chi connectivity index (χ0v) is 13.0. The van der Waals surface area contributed by atoms with Gasteiger partial charge in [-0.3, -0.25) is 4.79 Å². The lowest BCUT2D eigenvalue weighted by atomic mass is 10.2. The second-order valence-corrected chi connectivity index (χ2v) is 5.96. The summed E-state index contributed by atoms with van der Waals surface area (Å²) in [5, 5.41) is 3.07. The fourth-order valence-electron chi connectivity index (χ4n) is 2.04. The summed E-state index contributed by atoms with van der Waals surface area (Å²) in [7, 11) is 0. The van der Waals surface area contributed by atoms with Crippen LogP contribution >= 0.6 is 11.8 Å². The van der Waals surface area contributed by atoms with E-state index in [9.17, 15) is 13.6 Å². The number of amidine groups is 1. The van der Waals surface area contributed by atoms with Crippen molar-refractivity contribution in [3.63, 3.8) is 0 Å². The third-order valence-electron chi connectivity index (χ3n) is 3.24. The summed E-state index contributed by atoms with van der Waals surface area (Å²) in [6.45, 7) is 1.92. The number of carbonyl (C=O) groups is 1. The number of hydrogen-bond acceptors (Lipinski definition) is 3. The first kappa shape index (κ1) is 15.4. The number of nitrogens with one attached hydrogen (secondary N) is 1. The molecule has 6 heteroatoms. The predicted molar refractivity (Wildman–Crippen MR) is 88.3 cm³/mol. The van der Waals surface area contributed by atoms with Crippen molar-refractivity contribution in [2.45, 2.75) is 6.92 Å². The topological polar surface area (TPSA) is 41.5 Å². The van der Waals surface area contributed by atoms with Crippen LogP contribution in [0.4, 0.5) is 14.5 Å². The van der Waals surface area contributed by atoms with Gasteiger partial charge in [0.05, 0.1) is 10.6 Å². The van der Waals surface area contributed by atoms with Gasteiger partial charge >= 0.3 is 0 Å². The number of amides is 1. The highest BCUT2D eigenvalue weighted by Crippen LogP contribution is 2.29. The maximum atomic E-state index is 13.7. The predicted octanol–water partition coefficient (Wildman–Crippen LogP) is 4.16. The Balaban J connectivity index is 1.88. The van der Waals surface area contributed by atoms with Gasteiger partial charge < -0.3 is 5.32 Å². The molecule has 1 saturated heterocycles. The molecule has 2 aromatic carbocycles. The summed E-state index contributed by atoms with van der Waals surface area (Å²) in [4.78, 5) is 16.7. The molecule has 1 fully saturated rings. The average molecular weight is 330 g/mol. The summed E-state index contributed by atoms with van der Waals surface area (Å²) in [5.74, 6) is -1.73. The Morgan fingerprint density at radius 1 is 1.17 bits per heavy atom. The molecule has 0 spiro atoms. The number of benzene rings is 2. The van der Waals surface area contributed by atoms with Crippen molar-refractivity contribution in [3.8, 4) is 0 Å². The van der Waals surface area contributed by atoms with Gasteiger partial charge in [-0.15, -0.1) is 0 Å². The summed E-state index contributed by atoms with van der Waals surface area (Å²) in [6, 6.07) is 10.8. The lowest BCUT2D eigenvalue weighted by molar-refractivity contribution is -0.115. The van der Waals surface area contributed by atoms with Gasteiger partial charge in [0, 0.05) is 11.6 Å². The van der Waals surface area contributed by atoms with Crippen LogP contribution in [0, 0.1) is 18.6 Å². The van der Waals surface area contributed by atoms with Crippen molar-refractivity contribution >= 4 is 34.6 Å². The number of carbonyl (C=O) groups excluding carboxylic acids is 1. The average Bonchev–Trinajstić information content (AvgIpc) is 2.84. The van der Waals surface area contributed by atoms with E-state index in [-0.39, 0.29) is 11.5 Å². The zero-order chi connectivity index (χ0) is 16.4. The van der Waals surface area contributed by atoms with Crippen molar-refractivity contribution < 1.29 is 13.6 Å². The van der Waals surface area contributed by atoms with Crippen molar-refractivity contribution in [2.75, 3.05) is 0 Å². The van der Waals surface area contributed by atoms with Crippen LogP contribution in [0.5, 0.6) is 0 Å². The Hall–Kier alpha value is -2.47. The minimum Gasteiger partial charge on any atom is -0.300 e. The van der Waals surface area contributed by atoms with Gasteiger partial charge in [-0.25, -0.2) is 13.8 Å². The van der Waals surface area contributed by atoms with Crippen LogP contribution in [-0.2, 0) is 4.79 Å². The van der Waals surface area contributed by atoms with Crippen molar-refractivity contribution in [2.24, 2.45) is 4.99 Å². The molecule has 3 rings (SSSR count). The van der Waals surface area contributed by atoms with E-state index in [1.165, 1.54) is 12.1 Å². The van der Waals surface area contributed by atoms with E-state index in [1.807, 2.05) is 31.2 Å². The standard InChI is InChI=1S/C17H12F2N2OS/c1-10-4-2-3-5-14(10)20-17-21-16(22)15(23-17)8-11-6-7-12(18)9-13(11)19/h2-9H,1H3,(H,20,21,22)/b15-8+. The number of hydrogen-bond donors (Lipinski definition) is 1. The summed E-state index contributed by atoms with van der Waals surface area (Å²) >= 11 is 1.12. The van der Waals surface area contributed by atoms with Crippen molar-refractivity contribution in [3.05, 3.63) is 70.1 Å². The van der Waals surface area contributed by atoms with E-state index in [0.717, 1.165) is 35.1 Å². The Labute approximate surface area is 136 Å². The smallest absolute Gasteiger partial charge is 0.264 e. The highest BCUT2D eigenvalue weighted by molar-refractivity contribution is 8.18. The first-order chi connectivity index (χ1) is 11.0. The number of aryl methyl sites for hydroxylation is 1. The van der Waals surface area contributed by atoms with E-state index in [0.29, 0.717) is 10.1 Å². The molecule has 2 aromatic rings. The molecule has 1 heterocycles. The van der Waals surface area contributed by atoms with E-state index in [4.69, 9.17) is 0 Å². The Bertz CT molecular complexity index is 846. The second kappa shape index (κ2) is 6.34. The van der Waals surface area contributed by atoms with Crippen LogP contribution < -0.4 is 5.32 Å². The van der Waals surface area contributed by atoms with Gasteiger partial charge in [0.2, 0.25) is 0 Å². The molecule has 23 heavy (non-hydrogen) atoms. The van der Waals surface area contributed by atoms with Gasteiger partial charge in [0.25, 0.3) is 5.91 Å². The monoisotopic (exact) mass is 330 g/mol. The first-order valence-corrected chi connectivity index (χ1v) is 7.65. The Morgan fingerprint density at radius 3 is 2.70 bits per heavy atom. The molecule has 0 unspecified atom stereocenters. The van der Waals surface area contributed by atoms with Gasteiger partial charge in [-0.2, -0.15) is 0 Å². The highest BCUT2D eigenvalue weighted by atomic mass is 32.2. The first-order valence-electron chi connectivity index (χ1n) is 6.83. The number of rotatable bonds is 2. The number of para-hydroxylation sites is 1. The SMILES string of the molecule is Cc1ccccc1N=C1NC(=O)/C(=C\c2ccc(F)cc2F)S1. The number of aliphatic imine (C=N–C) groups is 1. The van der Waals surface area contributed by atoms with Gasteiger partial charge in [0.1, 0.15) is 11.6 Å². The normalized spacial score (nSPS) is 17.8. The van der Waals surface area contributed by atoms with E-state index < -0.39 is 11.6 Å². The molecule has 1 amide bonds.